The number of carbonyl (C=O) groups is 2. The minimum Gasteiger partial charge on any atom is -0.350 e. The van der Waals surface area contributed by atoms with Crippen molar-refractivity contribution in [1.82, 2.24) is 5.32 Å². The molecule has 3 aromatic carbocycles. The smallest absolute Gasteiger partial charge is 0.259 e. The van der Waals surface area contributed by atoms with Crippen LogP contribution in [-0.4, -0.2) is 17.9 Å². The minimum atomic E-state index is -0.620. The molecular weight excluding hydrogens is 355 g/mol. The van der Waals surface area contributed by atoms with Gasteiger partial charge < -0.3 is 5.32 Å². The first kappa shape index (κ1) is 17.9. The molecule has 0 radical (unpaired) electrons. The highest BCUT2D eigenvalue weighted by atomic mass is 19.1. The van der Waals surface area contributed by atoms with E-state index in [1.807, 2.05) is 30.3 Å². The second-order valence-corrected chi connectivity index (χ2v) is 6.73. The molecule has 3 aromatic rings. The van der Waals surface area contributed by atoms with E-state index in [0.29, 0.717) is 12.0 Å². The normalized spacial score (nSPS) is 15.2. The number of anilines is 1. The van der Waals surface area contributed by atoms with Gasteiger partial charge in [-0.2, -0.15) is 0 Å². The fraction of sp³-hybridized carbons (Fsp3) is 0.130. The maximum atomic E-state index is 13.1. The van der Waals surface area contributed by atoms with Crippen molar-refractivity contribution in [2.24, 2.45) is 0 Å². The van der Waals surface area contributed by atoms with Crippen molar-refractivity contribution in [3.05, 3.63) is 101 Å². The number of nitrogens with zero attached hydrogens (tertiary/aromatic N) is 1. The lowest BCUT2D eigenvalue weighted by Crippen LogP contribution is -2.48. The monoisotopic (exact) mass is 374 g/mol. The molecule has 5 heteroatoms. The summed E-state index contributed by atoms with van der Waals surface area (Å²) in [4.78, 5) is 27.6. The van der Waals surface area contributed by atoms with E-state index in [1.54, 1.807) is 41.3 Å². The zero-order chi connectivity index (χ0) is 19.5. The second kappa shape index (κ2) is 7.64. The van der Waals surface area contributed by atoms with E-state index in [1.165, 1.54) is 12.1 Å². The van der Waals surface area contributed by atoms with E-state index in [-0.39, 0.29) is 24.2 Å². The van der Waals surface area contributed by atoms with Gasteiger partial charge in [-0.25, -0.2) is 4.39 Å². The van der Waals surface area contributed by atoms with Crippen LogP contribution in [0.3, 0.4) is 0 Å². The SMILES string of the molecule is O=C(NCc1ccc(F)cc1)[C@@H]1Cc2ccccc2N1C(=O)c1ccccc1. The molecule has 0 spiro atoms. The summed E-state index contributed by atoms with van der Waals surface area (Å²) in [5, 5.41) is 2.88. The highest BCUT2D eigenvalue weighted by molar-refractivity contribution is 6.11. The van der Waals surface area contributed by atoms with Gasteiger partial charge >= 0.3 is 0 Å². The maximum absolute atomic E-state index is 13.1. The van der Waals surface area contributed by atoms with Gasteiger partial charge in [-0.05, 0) is 41.5 Å². The molecule has 0 bridgehead atoms. The molecule has 4 rings (SSSR count). The van der Waals surface area contributed by atoms with Crippen molar-refractivity contribution < 1.29 is 14.0 Å². The molecule has 0 aliphatic carbocycles. The summed E-state index contributed by atoms with van der Waals surface area (Å²) in [6.07, 6.45) is 0.462. The summed E-state index contributed by atoms with van der Waals surface area (Å²) in [6.45, 7) is 0.277. The first-order chi connectivity index (χ1) is 13.6. The van der Waals surface area contributed by atoms with Crippen molar-refractivity contribution in [2.75, 3.05) is 4.90 Å². The Balaban J connectivity index is 1.57. The number of halogens is 1. The fourth-order valence-electron chi connectivity index (χ4n) is 3.48. The second-order valence-electron chi connectivity index (χ2n) is 6.73. The van der Waals surface area contributed by atoms with Gasteiger partial charge in [0.2, 0.25) is 5.91 Å². The van der Waals surface area contributed by atoms with Gasteiger partial charge in [-0.3, -0.25) is 14.5 Å². The number of rotatable bonds is 4. The molecule has 1 atom stereocenters. The van der Waals surface area contributed by atoms with Gasteiger partial charge in [0.05, 0.1) is 0 Å². The number of benzene rings is 3. The summed E-state index contributed by atoms with van der Waals surface area (Å²) in [5.41, 5.74) is 3.06. The number of hydrogen-bond acceptors (Lipinski definition) is 2. The molecule has 0 saturated carbocycles. The highest BCUT2D eigenvalue weighted by Gasteiger charge is 2.38. The van der Waals surface area contributed by atoms with Crippen LogP contribution in [0.1, 0.15) is 21.5 Å². The van der Waals surface area contributed by atoms with Gasteiger partial charge in [-0.1, -0.05) is 48.5 Å². The first-order valence-corrected chi connectivity index (χ1v) is 9.12. The zero-order valence-electron chi connectivity index (χ0n) is 15.1. The lowest BCUT2D eigenvalue weighted by atomic mass is 10.1. The van der Waals surface area contributed by atoms with E-state index in [9.17, 15) is 14.0 Å². The molecule has 0 unspecified atom stereocenters. The molecule has 2 amide bonds. The quantitative estimate of drug-likeness (QED) is 0.757. The number of amides is 2. The molecule has 0 aromatic heterocycles. The maximum Gasteiger partial charge on any atom is 0.259 e. The van der Waals surface area contributed by atoms with Gasteiger partial charge in [-0.15, -0.1) is 0 Å². The number of hydrogen-bond donors (Lipinski definition) is 1. The predicted molar refractivity (Wildman–Crippen MR) is 105 cm³/mol. The van der Waals surface area contributed by atoms with Crippen molar-refractivity contribution >= 4 is 17.5 Å². The summed E-state index contributed by atoms with van der Waals surface area (Å²) in [5.74, 6) is -0.752. The molecule has 0 saturated heterocycles. The van der Waals surface area contributed by atoms with Crippen LogP contribution in [0.5, 0.6) is 0 Å². The number of carbonyl (C=O) groups excluding carboxylic acids is 2. The Bertz CT molecular complexity index is 1000. The van der Waals surface area contributed by atoms with E-state index in [0.717, 1.165) is 16.8 Å². The van der Waals surface area contributed by atoms with Crippen molar-refractivity contribution in [2.45, 2.75) is 19.0 Å². The van der Waals surface area contributed by atoms with Crippen LogP contribution in [0.25, 0.3) is 0 Å². The Morgan fingerprint density at radius 3 is 2.36 bits per heavy atom. The van der Waals surface area contributed by atoms with Crippen molar-refractivity contribution in [1.29, 1.82) is 0 Å². The van der Waals surface area contributed by atoms with Crippen LogP contribution < -0.4 is 10.2 Å². The molecule has 4 nitrogen and oxygen atoms in total. The summed E-state index contributed by atoms with van der Waals surface area (Å²) in [7, 11) is 0. The fourth-order valence-corrected chi connectivity index (χ4v) is 3.48. The van der Waals surface area contributed by atoms with Crippen LogP contribution in [0.15, 0.2) is 78.9 Å². The number of nitrogens with one attached hydrogen (secondary N) is 1. The third-order valence-corrected chi connectivity index (χ3v) is 4.90. The Kier molecular flexibility index (Phi) is 4.89. The van der Waals surface area contributed by atoms with E-state index >= 15 is 0 Å². The molecular formula is C23H19FN2O2. The lowest BCUT2D eigenvalue weighted by Gasteiger charge is -2.25. The Morgan fingerprint density at radius 2 is 1.61 bits per heavy atom. The number of fused-ring (bicyclic) bond motifs is 1. The summed E-state index contributed by atoms with van der Waals surface area (Å²) < 4.78 is 13.1. The van der Waals surface area contributed by atoms with Crippen LogP contribution in [0, 0.1) is 5.82 Å². The minimum absolute atomic E-state index is 0.201. The molecule has 28 heavy (non-hydrogen) atoms. The predicted octanol–water partition coefficient (Wildman–Crippen LogP) is 3.71. The molecule has 1 aliphatic rings. The highest BCUT2D eigenvalue weighted by Crippen LogP contribution is 2.33. The van der Waals surface area contributed by atoms with Gasteiger partial charge in [0.25, 0.3) is 5.91 Å². The number of para-hydroxylation sites is 1. The summed E-state index contributed by atoms with van der Waals surface area (Å²) >= 11 is 0. The molecule has 1 heterocycles. The Morgan fingerprint density at radius 1 is 0.929 bits per heavy atom. The molecule has 0 fully saturated rings. The third kappa shape index (κ3) is 3.51. The van der Waals surface area contributed by atoms with Crippen molar-refractivity contribution in [3.8, 4) is 0 Å². The standard InChI is InChI=1S/C23H19FN2O2/c24-19-12-10-16(11-13-19)15-25-22(27)21-14-18-8-4-5-9-20(18)26(21)23(28)17-6-2-1-3-7-17/h1-13,21H,14-15H2,(H,25,27)/t21-/m0/s1. The van der Waals surface area contributed by atoms with Crippen molar-refractivity contribution in [3.63, 3.8) is 0 Å². The average Bonchev–Trinajstić information content (AvgIpc) is 3.13. The third-order valence-electron chi connectivity index (χ3n) is 4.90. The van der Waals surface area contributed by atoms with E-state index in [4.69, 9.17) is 0 Å². The summed E-state index contributed by atoms with van der Waals surface area (Å²) in [6, 6.07) is 21.9. The van der Waals surface area contributed by atoms with Crippen LogP contribution in [-0.2, 0) is 17.8 Å². The Hall–Kier alpha value is -3.47. The van der Waals surface area contributed by atoms with Crippen LogP contribution in [0.4, 0.5) is 10.1 Å². The lowest BCUT2D eigenvalue weighted by molar-refractivity contribution is -0.122. The van der Waals surface area contributed by atoms with Crippen LogP contribution >= 0.6 is 0 Å². The van der Waals surface area contributed by atoms with E-state index in [2.05, 4.69) is 5.32 Å². The van der Waals surface area contributed by atoms with Crippen LogP contribution in [0.2, 0.25) is 0 Å². The van der Waals surface area contributed by atoms with Gasteiger partial charge in [0.1, 0.15) is 11.9 Å². The molecule has 1 aliphatic heterocycles. The topological polar surface area (TPSA) is 49.4 Å². The largest absolute Gasteiger partial charge is 0.350 e. The first-order valence-electron chi connectivity index (χ1n) is 9.12. The Labute approximate surface area is 162 Å². The average molecular weight is 374 g/mol. The molecule has 1 N–H and O–H groups in total. The van der Waals surface area contributed by atoms with Gasteiger partial charge in [0, 0.05) is 24.2 Å². The molecule has 140 valence electrons. The zero-order valence-corrected chi connectivity index (χ0v) is 15.1. The van der Waals surface area contributed by atoms with E-state index < -0.39 is 6.04 Å². The van der Waals surface area contributed by atoms with Gasteiger partial charge in [0.15, 0.2) is 0 Å².